The molecule has 3 N–H and O–H groups in total. The van der Waals surface area contributed by atoms with Crippen LogP contribution in [0.5, 0.6) is 5.75 Å². The van der Waals surface area contributed by atoms with E-state index in [9.17, 15) is 14.4 Å². The van der Waals surface area contributed by atoms with E-state index >= 15 is 0 Å². The number of piperazine rings is 1. The second-order valence-electron chi connectivity index (χ2n) is 18.5. The number of H-pyrrole nitrogens is 1. The summed E-state index contributed by atoms with van der Waals surface area (Å²) in [6.45, 7) is 17.3. The maximum atomic E-state index is 13.0. The highest BCUT2D eigenvalue weighted by Gasteiger charge is 2.29. The van der Waals surface area contributed by atoms with Crippen LogP contribution in [0.4, 0.5) is 21.9 Å². The molecular formula is C49H57N11O5. The minimum absolute atomic E-state index is 0.0476. The van der Waals surface area contributed by atoms with Gasteiger partial charge in [-0.1, -0.05) is 50.2 Å². The molecule has 6 heterocycles. The number of aryl methyl sites for hydroxylation is 1. The summed E-state index contributed by atoms with van der Waals surface area (Å²) in [6, 6.07) is 22.4. The number of benzene rings is 3. The number of imide groups is 1. The van der Waals surface area contributed by atoms with Gasteiger partial charge in [-0.3, -0.25) is 24.7 Å². The lowest BCUT2D eigenvalue weighted by Crippen LogP contribution is -2.49. The minimum Gasteiger partial charge on any atom is -0.494 e. The number of aromatic nitrogens is 5. The van der Waals surface area contributed by atoms with Crippen LogP contribution in [-0.2, 0) is 10.2 Å². The number of rotatable bonds is 11. The molecule has 0 spiro atoms. The highest BCUT2D eigenvalue weighted by atomic mass is 16.5. The van der Waals surface area contributed by atoms with Crippen LogP contribution in [0.3, 0.4) is 0 Å². The fourth-order valence-corrected chi connectivity index (χ4v) is 9.25. The Kier molecular flexibility index (Phi) is 12.0. The van der Waals surface area contributed by atoms with Crippen LogP contribution in [0.25, 0.3) is 33.5 Å². The third-order valence-electron chi connectivity index (χ3n) is 13.0. The van der Waals surface area contributed by atoms with E-state index in [1.165, 1.54) is 5.69 Å². The van der Waals surface area contributed by atoms with Crippen LogP contribution < -0.4 is 30.1 Å². The average molecular weight is 880 g/mol. The van der Waals surface area contributed by atoms with Gasteiger partial charge in [0.1, 0.15) is 17.7 Å². The molecule has 3 aliphatic rings. The van der Waals surface area contributed by atoms with Crippen LogP contribution in [0.15, 0.2) is 77.6 Å². The third kappa shape index (κ3) is 9.26. The first kappa shape index (κ1) is 43.4. The number of amides is 4. The number of nitrogens with one attached hydrogen (secondary N) is 3. The molecule has 0 unspecified atom stereocenters. The summed E-state index contributed by atoms with van der Waals surface area (Å²) in [5.74, 6) is 1.06. The van der Waals surface area contributed by atoms with Gasteiger partial charge < -0.3 is 29.4 Å². The molecule has 3 aromatic carbocycles. The average Bonchev–Trinajstić information content (AvgIpc) is 3.99. The summed E-state index contributed by atoms with van der Waals surface area (Å²) < 4.78 is 10.9. The number of fused-ring (bicyclic) bond motifs is 1. The number of anilines is 3. The number of hydrogen-bond donors (Lipinski definition) is 3. The van der Waals surface area contributed by atoms with Crippen LogP contribution in [-0.4, -0.2) is 107 Å². The third-order valence-corrected chi connectivity index (χ3v) is 13.0. The zero-order chi connectivity index (χ0) is 45.4. The second kappa shape index (κ2) is 18.0. The van der Waals surface area contributed by atoms with Crippen LogP contribution in [0.1, 0.15) is 80.6 Å². The normalized spacial score (nSPS) is 17.1. The van der Waals surface area contributed by atoms with Gasteiger partial charge in [-0.25, -0.2) is 14.8 Å². The van der Waals surface area contributed by atoms with Gasteiger partial charge in [-0.05, 0) is 85.7 Å². The number of carbonyl (C=O) groups is 3. The lowest BCUT2D eigenvalue weighted by Gasteiger charge is -2.40. The van der Waals surface area contributed by atoms with Crippen LogP contribution in [0, 0.1) is 12.8 Å². The van der Waals surface area contributed by atoms with Crippen molar-refractivity contribution in [1.82, 2.24) is 40.6 Å². The van der Waals surface area contributed by atoms with Gasteiger partial charge in [0.2, 0.25) is 5.91 Å². The summed E-state index contributed by atoms with van der Waals surface area (Å²) >= 11 is 0. The van der Waals surface area contributed by atoms with Gasteiger partial charge in [0.25, 0.3) is 0 Å². The van der Waals surface area contributed by atoms with Crippen LogP contribution >= 0.6 is 0 Å². The fourth-order valence-electron chi connectivity index (χ4n) is 9.25. The smallest absolute Gasteiger partial charge is 0.328 e. The molecule has 3 aliphatic heterocycles. The number of carbonyl (C=O) groups excluding carboxylic acids is 3. The number of nitrogens with zero attached hydrogens (tertiary/aromatic N) is 8. The Bertz CT molecular complexity index is 2710. The Balaban J connectivity index is 0.773. The molecule has 3 aromatic heterocycles. The van der Waals surface area contributed by atoms with Crippen LogP contribution in [0.2, 0.25) is 0 Å². The van der Waals surface area contributed by atoms with Crippen molar-refractivity contribution in [3.63, 3.8) is 0 Å². The summed E-state index contributed by atoms with van der Waals surface area (Å²) in [5.41, 5.74) is 9.29. The largest absolute Gasteiger partial charge is 0.494 e. The zero-order valence-corrected chi connectivity index (χ0v) is 38.0. The van der Waals surface area contributed by atoms with Crippen molar-refractivity contribution in [1.29, 1.82) is 0 Å². The SMILES string of the molecule is COc1cc(N2CCC(CN3CCN(c4ccc(-c5cc6c(-c7ccc([C@@H](C)NC(=O)c8nc(C(C)(C)C)no8)c(C)c7)ncnc6[nH]5)cc4)CC3)CC2)ccc1N1CCC(=O)NC1=O. The summed E-state index contributed by atoms with van der Waals surface area (Å²) in [7, 11) is 1.62. The highest BCUT2D eigenvalue weighted by molar-refractivity contribution is 6.06. The molecule has 65 heavy (non-hydrogen) atoms. The zero-order valence-electron chi connectivity index (χ0n) is 38.0. The summed E-state index contributed by atoms with van der Waals surface area (Å²) in [4.78, 5) is 63.2. The maximum absolute atomic E-state index is 13.0. The molecular weight excluding hydrogens is 823 g/mol. The highest BCUT2D eigenvalue weighted by Crippen LogP contribution is 2.36. The molecule has 0 saturated carbocycles. The van der Waals surface area contributed by atoms with E-state index < -0.39 is 11.9 Å². The monoisotopic (exact) mass is 879 g/mol. The van der Waals surface area contributed by atoms with Crippen molar-refractivity contribution in [2.75, 3.05) is 74.2 Å². The molecule has 6 aromatic rings. The predicted octanol–water partition coefficient (Wildman–Crippen LogP) is 7.27. The lowest BCUT2D eigenvalue weighted by molar-refractivity contribution is -0.120. The van der Waals surface area contributed by atoms with Gasteiger partial charge in [0, 0.05) is 98.3 Å². The maximum Gasteiger partial charge on any atom is 0.328 e. The molecule has 4 amide bonds. The van der Waals surface area contributed by atoms with Gasteiger partial charge in [0.15, 0.2) is 5.82 Å². The standard InChI is InChI=1S/C49H57N11O5/c1-30-25-34(9-13-37(30)31(2)52-45(62)46-55-47(56-65-46)49(3,4)5)43-38-27-39(53-44(38)51-29-50-43)33-7-10-35(11-8-33)59-23-21-57(22-24-59)28-32-15-18-58(19-16-32)36-12-14-40(41(26-36)64-6)60-20-17-42(61)54-48(60)63/h7-14,25-27,29,31-32H,15-24,28H2,1-6H3,(H,52,62)(H,50,51,53)(H,54,61,63)/t31-/m1/s1. The van der Waals surface area contributed by atoms with Crippen molar-refractivity contribution in [2.45, 2.75) is 65.3 Å². The van der Waals surface area contributed by atoms with E-state index in [4.69, 9.17) is 14.2 Å². The van der Waals surface area contributed by atoms with Gasteiger partial charge in [0.05, 0.1) is 24.5 Å². The van der Waals surface area contributed by atoms with Crippen molar-refractivity contribution < 1.29 is 23.6 Å². The quantitative estimate of drug-likeness (QED) is 0.119. The number of urea groups is 1. The van der Waals surface area contributed by atoms with Crippen molar-refractivity contribution >= 4 is 45.9 Å². The Hall–Kier alpha value is -6.81. The minimum atomic E-state index is -0.411. The molecule has 338 valence electrons. The Morgan fingerprint density at radius 3 is 2.31 bits per heavy atom. The molecule has 0 bridgehead atoms. The molecule has 16 heteroatoms. The molecule has 9 rings (SSSR count). The number of aromatic amines is 1. The van der Waals surface area contributed by atoms with Gasteiger partial charge in [-0.15, -0.1) is 0 Å². The number of piperidine rings is 1. The first-order valence-electron chi connectivity index (χ1n) is 22.5. The van der Waals surface area contributed by atoms with Crippen molar-refractivity contribution in [2.24, 2.45) is 5.92 Å². The Morgan fingerprint density at radius 2 is 1.62 bits per heavy atom. The van der Waals surface area contributed by atoms with E-state index in [0.29, 0.717) is 29.7 Å². The topological polar surface area (TPSA) is 178 Å². The van der Waals surface area contributed by atoms with E-state index in [0.717, 1.165) is 109 Å². The molecule has 1 atom stereocenters. The number of ether oxygens (including phenoxy) is 1. The lowest BCUT2D eigenvalue weighted by atomic mass is 9.95. The van der Waals surface area contributed by atoms with E-state index in [-0.39, 0.29) is 29.7 Å². The summed E-state index contributed by atoms with van der Waals surface area (Å²) in [6.07, 6.45) is 4.11. The van der Waals surface area contributed by atoms with Gasteiger partial charge >= 0.3 is 17.8 Å². The van der Waals surface area contributed by atoms with Crippen molar-refractivity contribution in [3.8, 4) is 28.3 Å². The number of hydrogen-bond acceptors (Lipinski definition) is 12. The first-order valence-corrected chi connectivity index (χ1v) is 22.5. The molecule has 3 saturated heterocycles. The van der Waals surface area contributed by atoms with E-state index in [2.05, 4.69) is 87.9 Å². The van der Waals surface area contributed by atoms with Crippen molar-refractivity contribution in [3.05, 3.63) is 95.9 Å². The Morgan fingerprint density at radius 1 is 0.892 bits per heavy atom. The first-order chi connectivity index (χ1) is 31.3. The second-order valence-corrected chi connectivity index (χ2v) is 18.5. The molecule has 0 radical (unpaired) electrons. The molecule has 0 aliphatic carbocycles. The predicted molar refractivity (Wildman–Crippen MR) is 250 cm³/mol. The summed E-state index contributed by atoms with van der Waals surface area (Å²) in [5, 5.41) is 10.3. The molecule has 16 nitrogen and oxygen atoms in total. The van der Waals surface area contributed by atoms with E-state index in [1.807, 2.05) is 58.9 Å². The fraction of sp³-hybridized carbons (Fsp3) is 0.408. The van der Waals surface area contributed by atoms with Gasteiger partial charge in [-0.2, -0.15) is 4.98 Å². The molecule has 3 fully saturated rings. The van der Waals surface area contributed by atoms with E-state index in [1.54, 1.807) is 18.3 Å². The Labute approximate surface area is 378 Å². The number of methoxy groups -OCH3 is 1.